The number of imidazole rings is 1. The van der Waals surface area contributed by atoms with Gasteiger partial charge in [0.25, 0.3) is 0 Å². The van der Waals surface area contributed by atoms with E-state index < -0.39 is 31.1 Å². The van der Waals surface area contributed by atoms with E-state index in [4.69, 9.17) is 0 Å². The van der Waals surface area contributed by atoms with Crippen molar-refractivity contribution in [3.05, 3.63) is 41.0 Å². The molecule has 0 fully saturated rings. The Kier molecular flexibility index (Phi) is 6.27. The van der Waals surface area contributed by atoms with Crippen molar-refractivity contribution >= 4 is 0 Å². The van der Waals surface area contributed by atoms with E-state index in [0.29, 0.717) is 24.4 Å². The molecule has 28 heavy (non-hydrogen) atoms. The Balaban J connectivity index is 2.61. The van der Waals surface area contributed by atoms with E-state index in [-0.39, 0.29) is 16.9 Å². The van der Waals surface area contributed by atoms with Crippen LogP contribution in [0.25, 0.3) is 5.69 Å². The maximum atomic E-state index is 12.9. The van der Waals surface area contributed by atoms with Crippen molar-refractivity contribution in [1.29, 1.82) is 5.26 Å². The largest absolute Gasteiger partial charge is 0.573 e. The fraction of sp³-hybridized carbons (Fsp3) is 0.444. The number of nitriles is 1. The molecule has 0 amide bonds. The first-order valence-corrected chi connectivity index (χ1v) is 8.45. The lowest BCUT2D eigenvalue weighted by Gasteiger charge is -2.17. The van der Waals surface area contributed by atoms with Crippen LogP contribution in [0.5, 0.6) is 5.75 Å². The molecule has 0 aliphatic carbocycles. The number of nitrogens with zero attached hydrogens (tertiary/aromatic N) is 3. The van der Waals surface area contributed by atoms with Crippen LogP contribution < -0.4 is 4.74 Å². The number of halogens is 6. The molecular formula is C18H17F6N3O. The third-order valence-corrected chi connectivity index (χ3v) is 3.96. The molecule has 0 atom stereocenters. The van der Waals surface area contributed by atoms with Crippen molar-refractivity contribution < 1.29 is 31.1 Å². The van der Waals surface area contributed by atoms with E-state index in [0.717, 1.165) is 6.07 Å². The lowest BCUT2D eigenvalue weighted by atomic mass is 10.1. The highest BCUT2D eigenvalue weighted by Gasteiger charge is 2.33. The second-order valence-corrected chi connectivity index (χ2v) is 5.94. The second kappa shape index (κ2) is 8.12. The molecule has 0 unspecified atom stereocenters. The molecule has 0 N–H and O–H groups in total. The van der Waals surface area contributed by atoms with Gasteiger partial charge in [-0.1, -0.05) is 19.9 Å². The molecular weight excluding hydrogens is 388 g/mol. The highest BCUT2D eigenvalue weighted by atomic mass is 19.4. The maximum absolute atomic E-state index is 12.9. The summed E-state index contributed by atoms with van der Waals surface area (Å²) >= 11 is 0. The Morgan fingerprint density at radius 3 is 2.29 bits per heavy atom. The molecule has 2 rings (SSSR count). The molecule has 1 heterocycles. The molecule has 0 spiro atoms. The number of aromatic nitrogens is 2. The van der Waals surface area contributed by atoms with Crippen molar-refractivity contribution in [3.63, 3.8) is 0 Å². The van der Waals surface area contributed by atoms with Gasteiger partial charge in [0.15, 0.2) is 5.75 Å². The van der Waals surface area contributed by atoms with E-state index >= 15 is 0 Å². The molecule has 152 valence electrons. The Labute approximate surface area is 157 Å². The standard InChI is InChI=1S/C18H17F6N3O/c1-3-12-14(10-25)27(16(4-2)26-12)13-6-5-11(7-8-17(19,20)21)9-15(13)28-18(22,23)24/h5-6,9H,3-4,7-8H2,1-2H3. The first kappa shape index (κ1) is 21.6. The van der Waals surface area contributed by atoms with Crippen LogP contribution in [0, 0.1) is 11.3 Å². The van der Waals surface area contributed by atoms with Crippen LogP contribution in [-0.4, -0.2) is 22.1 Å². The van der Waals surface area contributed by atoms with Crippen LogP contribution in [0.15, 0.2) is 18.2 Å². The number of benzene rings is 1. The van der Waals surface area contributed by atoms with Crippen LogP contribution in [0.2, 0.25) is 0 Å². The number of ether oxygens (including phenoxy) is 1. The summed E-state index contributed by atoms with van der Waals surface area (Å²) in [5.41, 5.74) is 0.411. The molecule has 10 heteroatoms. The predicted molar refractivity (Wildman–Crippen MR) is 88.1 cm³/mol. The number of hydrogen-bond donors (Lipinski definition) is 0. The van der Waals surface area contributed by atoms with Gasteiger partial charge in [-0.3, -0.25) is 4.57 Å². The van der Waals surface area contributed by atoms with Gasteiger partial charge in [0, 0.05) is 12.8 Å². The van der Waals surface area contributed by atoms with Crippen LogP contribution in [0.4, 0.5) is 26.3 Å². The van der Waals surface area contributed by atoms with E-state index in [1.54, 1.807) is 13.8 Å². The summed E-state index contributed by atoms with van der Waals surface area (Å²) in [5.74, 6) is -0.332. The van der Waals surface area contributed by atoms with Crippen molar-refractivity contribution in [2.24, 2.45) is 0 Å². The molecule has 0 radical (unpaired) electrons. The monoisotopic (exact) mass is 405 g/mol. The average Bonchev–Trinajstić information content (AvgIpc) is 2.95. The summed E-state index contributed by atoms with van der Waals surface area (Å²) in [6.07, 6.45) is -10.4. The Morgan fingerprint density at radius 2 is 1.79 bits per heavy atom. The summed E-state index contributed by atoms with van der Waals surface area (Å²) in [7, 11) is 0. The summed E-state index contributed by atoms with van der Waals surface area (Å²) in [4.78, 5) is 4.28. The molecule has 2 aromatic rings. The quantitative estimate of drug-likeness (QED) is 0.616. The topological polar surface area (TPSA) is 50.8 Å². The van der Waals surface area contributed by atoms with Gasteiger partial charge in [0.2, 0.25) is 0 Å². The van der Waals surface area contributed by atoms with E-state index in [1.807, 2.05) is 6.07 Å². The van der Waals surface area contributed by atoms with E-state index in [1.165, 1.54) is 16.7 Å². The normalized spacial score (nSPS) is 12.1. The molecule has 0 aliphatic heterocycles. The van der Waals surface area contributed by atoms with Crippen LogP contribution >= 0.6 is 0 Å². The molecule has 0 saturated carbocycles. The lowest BCUT2D eigenvalue weighted by Crippen LogP contribution is -2.19. The smallest absolute Gasteiger partial charge is 0.404 e. The Morgan fingerprint density at radius 1 is 1.11 bits per heavy atom. The first-order chi connectivity index (χ1) is 13.0. The first-order valence-electron chi connectivity index (χ1n) is 8.45. The van der Waals surface area contributed by atoms with Gasteiger partial charge in [-0.25, -0.2) is 4.98 Å². The van der Waals surface area contributed by atoms with Crippen LogP contribution in [0.1, 0.15) is 43.0 Å². The zero-order valence-corrected chi connectivity index (χ0v) is 15.1. The molecule has 0 aliphatic rings. The lowest BCUT2D eigenvalue weighted by molar-refractivity contribution is -0.274. The van der Waals surface area contributed by atoms with Gasteiger partial charge >= 0.3 is 12.5 Å². The van der Waals surface area contributed by atoms with Crippen molar-refractivity contribution in [1.82, 2.24) is 9.55 Å². The van der Waals surface area contributed by atoms with E-state index in [9.17, 15) is 31.6 Å². The third kappa shape index (κ3) is 5.18. The fourth-order valence-corrected chi connectivity index (χ4v) is 2.77. The van der Waals surface area contributed by atoms with Gasteiger partial charge in [-0.15, -0.1) is 13.2 Å². The summed E-state index contributed by atoms with van der Waals surface area (Å²) in [6, 6.07) is 5.35. The minimum atomic E-state index is -5.05. The SMILES string of the molecule is CCc1nc(CC)n(-c2ccc(CCC(F)(F)F)cc2OC(F)(F)F)c1C#N. The number of rotatable bonds is 6. The second-order valence-electron chi connectivity index (χ2n) is 5.94. The van der Waals surface area contributed by atoms with Crippen LogP contribution in [-0.2, 0) is 19.3 Å². The Bertz CT molecular complexity index is 877. The minimum Gasteiger partial charge on any atom is -0.404 e. The van der Waals surface area contributed by atoms with Gasteiger partial charge < -0.3 is 4.74 Å². The number of hydrogen-bond acceptors (Lipinski definition) is 3. The summed E-state index contributed by atoms with van der Waals surface area (Å²) < 4.78 is 81.3. The van der Waals surface area contributed by atoms with Crippen molar-refractivity contribution in [2.75, 3.05) is 0 Å². The highest BCUT2D eigenvalue weighted by molar-refractivity contribution is 5.53. The molecule has 0 bridgehead atoms. The van der Waals surface area contributed by atoms with Crippen molar-refractivity contribution in [3.8, 4) is 17.5 Å². The Hall–Kier alpha value is -2.70. The molecule has 0 saturated heterocycles. The van der Waals surface area contributed by atoms with Gasteiger partial charge in [-0.2, -0.15) is 18.4 Å². The van der Waals surface area contributed by atoms with Crippen LogP contribution in [0.3, 0.4) is 0 Å². The predicted octanol–water partition coefficient (Wildman–Crippen LogP) is 5.26. The van der Waals surface area contributed by atoms with Gasteiger partial charge in [0.1, 0.15) is 17.6 Å². The zero-order chi connectivity index (χ0) is 21.1. The fourth-order valence-electron chi connectivity index (χ4n) is 2.77. The minimum absolute atomic E-state index is 0.0349. The van der Waals surface area contributed by atoms with Gasteiger partial charge in [0.05, 0.1) is 11.4 Å². The zero-order valence-electron chi connectivity index (χ0n) is 15.1. The maximum Gasteiger partial charge on any atom is 0.573 e. The van der Waals surface area contributed by atoms with Crippen molar-refractivity contribution in [2.45, 2.75) is 52.1 Å². The average molecular weight is 405 g/mol. The highest BCUT2D eigenvalue weighted by Crippen LogP contribution is 2.34. The molecule has 4 nitrogen and oxygen atoms in total. The summed E-state index contributed by atoms with van der Waals surface area (Å²) in [5, 5.41) is 9.45. The number of alkyl halides is 6. The van der Waals surface area contributed by atoms with E-state index in [2.05, 4.69) is 9.72 Å². The van der Waals surface area contributed by atoms with Gasteiger partial charge in [-0.05, 0) is 30.5 Å². The summed E-state index contributed by atoms with van der Waals surface area (Å²) in [6.45, 7) is 3.47. The molecule has 1 aromatic heterocycles. The third-order valence-electron chi connectivity index (χ3n) is 3.96. The number of aryl methyl sites for hydroxylation is 3. The molecule has 1 aromatic carbocycles.